The average Bonchev–Trinajstić information content (AvgIpc) is 2.55. The number of rotatable bonds is 4. The molecule has 1 saturated heterocycles. The van der Waals surface area contributed by atoms with E-state index < -0.39 is 0 Å². The molecule has 3 rings (SSSR count). The number of fused-ring (bicyclic) bond motifs is 1. The summed E-state index contributed by atoms with van der Waals surface area (Å²) in [6.07, 6.45) is 5.46. The molecule has 0 radical (unpaired) electrons. The Morgan fingerprint density at radius 1 is 1.35 bits per heavy atom. The van der Waals surface area contributed by atoms with Gasteiger partial charge in [-0.3, -0.25) is 14.7 Å². The number of nitrogens with zero attached hydrogens (tertiary/aromatic N) is 3. The summed E-state index contributed by atoms with van der Waals surface area (Å²) in [5.74, 6) is 0.805. The van der Waals surface area contributed by atoms with Crippen molar-refractivity contribution in [2.75, 3.05) is 33.7 Å². The predicted molar refractivity (Wildman–Crippen MR) is 93.3 cm³/mol. The molecule has 1 aliphatic heterocycles. The fourth-order valence-electron chi connectivity index (χ4n) is 3.36. The zero-order valence-corrected chi connectivity index (χ0v) is 14.0. The van der Waals surface area contributed by atoms with Crippen LogP contribution in [0.4, 0.5) is 0 Å². The first-order valence-corrected chi connectivity index (χ1v) is 8.38. The van der Waals surface area contributed by atoms with Gasteiger partial charge in [0.05, 0.1) is 12.1 Å². The van der Waals surface area contributed by atoms with E-state index in [1.54, 1.807) is 4.90 Å². The van der Waals surface area contributed by atoms with Gasteiger partial charge in [-0.1, -0.05) is 18.2 Å². The molecule has 2 aromatic rings. The van der Waals surface area contributed by atoms with Crippen molar-refractivity contribution >= 4 is 16.8 Å². The maximum absolute atomic E-state index is 11.9. The Kier molecular flexibility index (Phi) is 4.91. The normalized spacial score (nSPS) is 19.0. The number of hydrogen-bond acceptors (Lipinski definition) is 3. The van der Waals surface area contributed by atoms with Gasteiger partial charge in [-0.25, -0.2) is 0 Å². The molecule has 122 valence electrons. The first-order chi connectivity index (χ1) is 11.1. The maximum atomic E-state index is 11.9. The lowest BCUT2D eigenvalue weighted by molar-refractivity contribution is -0.130. The quantitative estimate of drug-likeness (QED) is 0.871. The molecule has 4 nitrogen and oxygen atoms in total. The largest absolute Gasteiger partial charge is 0.348 e. The number of carbonyl (C=O) groups is 1. The van der Waals surface area contributed by atoms with Crippen molar-refractivity contribution in [3.63, 3.8) is 0 Å². The Hall–Kier alpha value is -1.94. The third-order valence-electron chi connectivity index (χ3n) is 4.63. The lowest BCUT2D eigenvalue weighted by atomic mass is 9.91. The zero-order chi connectivity index (χ0) is 16.2. The molecule has 1 aromatic heterocycles. The van der Waals surface area contributed by atoms with Crippen LogP contribution >= 0.6 is 0 Å². The van der Waals surface area contributed by atoms with Crippen molar-refractivity contribution in [2.45, 2.75) is 19.3 Å². The summed E-state index contributed by atoms with van der Waals surface area (Å²) < 4.78 is 0. The summed E-state index contributed by atoms with van der Waals surface area (Å²) in [7, 11) is 3.65. The van der Waals surface area contributed by atoms with Crippen LogP contribution in [0.15, 0.2) is 36.5 Å². The van der Waals surface area contributed by atoms with Crippen LogP contribution in [-0.2, 0) is 11.2 Å². The third kappa shape index (κ3) is 4.08. The summed E-state index contributed by atoms with van der Waals surface area (Å²) in [4.78, 5) is 20.4. The van der Waals surface area contributed by atoms with Gasteiger partial charge in [0.1, 0.15) is 0 Å². The molecule has 0 bridgehead atoms. The lowest BCUT2D eigenvalue weighted by Crippen LogP contribution is -2.42. The van der Waals surface area contributed by atoms with Crippen LogP contribution in [0.2, 0.25) is 0 Å². The van der Waals surface area contributed by atoms with Gasteiger partial charge < -0.3 is 4.90 Å². The number of hydrogen-bond donors (Lipinski definition) is 0. The van der Waals surface area contributed by atoms with Gasteiger partial charge in [0, 0.05) is 32.2 Å². The van der Waals surface area contributed by atoms with Crippen LogP contribution in [0.1, 0.15) is 18.4 Å². The van der Waals surface area contributed by atoms with Crippen molar-refractivity contribution in [1.29, 1.82) is 0 Å². The molecule has 1 aromatic carbocycles. The number of amides is 1. The molecule has 2 heterocycles. The molecule has 1 aliphatic rings. The molecule has 0 spiro atoms. The third-order valence-corrected chi connectivity index (χ3v) is 4.63. The van der Waals surface area contributed by atoms with Crippen LogP contribution < -0.4 is 0 Å². The Morgan fingerprint density at radius 3 is 3.00 bits per heavy atom. The van der Waals surface area contributed by atoms with E-state index in [4.69, 9.17) is 0 Å². The summed E-state index contributed by atoms with van der Waals surface area (Å²) in [6, 6.07) is 10.5. The van der Waals surface area contributed by atoms with Gasteiger partial charge in [0.2, 0.25) is 5.91 Å². The standard InChI is InChI=1S/C19H25N3O/c1-21(2)19(23)14-22-9-5-6-15(13-22)10-16-11-17-7-3-4-8-18(17)20-12-16/h3-4,7-8,11-12,15H,5-6,9-10,13-14H2,1-2H3/t15-/m0/s1. The van der Waals surface area contributed by atoms with Crippen LogP contribution in [0.3, 0.4) is 0 Å². The molecule has 0 N–H and O–H groups in total. The Morgan fingerprint density at radius 2 is 2.17 bits per heavy atom. The highest BCUT2D eigenvalue weighted by Gasteiger charge is 2.22. The van der Waals surface area contributed by atoms with Crippen molar-refractivity contribution in [2.24, 2.45) is 5.92 Å². The Bertz CT molecular complexity index is 683. The monoisotopic (exact) mass is 311 g/mol. The fourth-order valence-corrected chi connectivity index (χ4v) is 3.36. The van der Waals surface area contributed by atoms with Gasteiger partial charge in [0.15, 0.2) is 0 Å². The van der Waals surface area contributed by atoms with E-state index in [2.05, 4.69) is 28.1 Å². The van der Waals surface area contributed by atoms with Gasteiger partial charge in [-0.2, -0.15) is 0 Å². The van der Waals surface area contributed by atoms with Crippen LogP contribution in [0.5, 0.6) is 0 Å². The molecule has 1 atom stereocenters. The SMILES string of the molecule is CN(C)C(=O)CN1CCC[C@@H](Cc2cnc3ccccc3c2)C1. The Labute approximate surface area is 138 Å². The number of para-hydroxylation sites is 1. The lowest BCUT2D eigenvalue weighted by Gasteiger charge is -2.32. The number of likely N-dealkylation sites (tertiary alicyclic amines) is 1. The van der Waals surface area contributed by atoms with E-state index in [-0.39, 0.29) is 5.91 Å². The predicted octanol–water partition coefficient (Wildman–Crippen LogP) is 2.58. The van der Waals surface area contributed by atoms with Crippen molar-refractivity contribution in [1.82, 2.24) is 14.8 Å². The molecule has 0 unspecified atom stereocenters. The summed E-state index contributed by atoms with van der Waals surface area (Å²) in [6.45, 7) is 2.58. The number of carbonyl (C=O) groups excluding carboxylic acids is 1. The second-order valence-electron chi connectivity index (χ2n) is 6.77. The minimum Gasteiger partial charge on any atom is -0.348 e. The highest BCUT2D eigenvalue weighted by Crippen LogP contribution is 2.22. The highest BCUT2D eigenvalue weighted by molar-refractivity contribution is 5.78. The topological polar surface area (TPSA) is 36.4 Å². The molecule has 23 heavy (non-hydrogen) atoms. The summed E-state index contributed by atoms with van der Waals surface area (Å²) >= 11 is 0. The molecule has 0 aliphatic carbocycles. The number of likely N-dealkylation sites (N-methyl/N-ethyl adjacent to an activating group) is 1. The van der Waals surface area contributed by atoms with Gasteiger partial charge >= 0.3 is 0 Å². The molecule has 0 saturated carbocycles. The second-order valence-corrected chi connectivity index (χ2v) is 6.77. The molecular weight excluding hydrogens is 286 g/mol. The Balaban J connectivity index is 1.63. The van der Waals surface area contributed by atoms with E-state index in [0.29, 0.717) is 12.5 Å². The minimum atomic E-state index is 0.193. The molecule has 1 amide bonds. The van der Waals surface area contributed by atoms with Crippen LogP contribution in [-0.4, -0.2) is 54.4 Å². The summed E-state index contributed by atoms with van der Waals surface area (Å²) in [5, 5.41) is 1.21. The fraction of sp³-hybridized carbons (Fsp3) is 0.474. The summed E-state index contributed by atoms with van der Waals surface area (Å²) in [5.41, 5.74) is 2.35. The van der Waals surface area contributed by atoms with Crippen molar-refractivity contribution in [3.8, 4) is 0 Å². The van der Waals surface area contributed by atoms with Crippen molar-refractivity contribution in [3.05, 3.63) is 42.1 Å². The van der Waals surface area contributed by atoms with Crippen LogP contribution in [0.25, 0.3) is 10.9 Å². The second kappa shape index (κ2) is 7.09. The average molecular weight is 311 g/mol. The molecular formula is C19H25N3O. The molecule has 1 fully saturated rings. The number of benzene rings is 1. The maximum Gasteiger partial charge on any atom is 0.236 e. The first-order valence-electron chi connectivity index (χ1n) is 8.38. The van der Waals surface area contributed by atoms with Gasteiger partial charge in [-0.05, 0) is 49.4 Å². The smallest absolute Gasteiger partial charge is 0.236 e. The first kappa shape index (κ1) is 15.9. The van der Waals surface area contributed by atoms with Gasteiger partial charge in [0.25, 0.3) is 0 Å². The van der Waals surface area contributed by atoms with E-state index >= 15 is 0 Å². The number of aromatic nitrogens is 1. The van der Waals surface area contributed by atoms with E-state index in [1.165, 1.54) is 23.8 Å². The molecule has 4 heteroatoms. The zero-order valence-electron chi connectivity index (χ0n) is 14.0. The minimum absolute atomic E-state index is 0.193. The van der Waals surface area contributed by atoms with E-state index in [0.717, 1.165) is 25.0 Å². The van der Waals surface area contributed by atoms with Crippen LogP contribution in [0, 0.1) is 5.92 Å². The number of pyridine rings is 1. The van der Waals surface area contributed by atoms with E-state index in [9.17, 15) is 4.79 Å². The van der Waals surface area contributed by atoms with Gasteiger partial charge in [-0.15, -0.1) is 0 Å². The highest BCUT2D eigenvalue weighted by atomic mass is 16.2. The van der Waals surface area contributed by atoms with E-state index in [1.807, 2.05) is 32.4 Å². The number of piperidine rings is 1. The van der Waals surface area contributed by atoms with Crippen molar-refractivity contribution < 1.29 is 4.79 Å².